The van der Waals surface area contributed by atoms with Gasteiger partial charge in [0.1, 0.15) is 0 Å². The average Bonchev–Trinajstić information content (AvgIpc) is 2.69. The van der Waals surface area contributed by atoms with Crippen LogP contribution in [0.2, 0.25) is 5.02 Å². The first-order valence-corrected chi connectivity index (χ1v) is 9.50. The molecule has 5 nitrogen and oxygen atoms in total. The first kappa shape index (κ1) is 19.1. The number of aromatic nitrogens is 2. The van der Waals surface area contributed by atoms with Crippen LogP contribution in [0.3, 0.4) is 0 Å². The summed E-state index contributed by atoms with van der Waals surface area (Å²) in [5.74, 6) is -0.273. The summed E-state index contributed by atoms with van der Waals surface area (Å²) < 4.78 is 1.40. The van der Waals surface area contributed by atoms with Gasteiger partial charge in [0.15, 0.2) is 5.69 Å². The number of rotatable bonds is 7. The van der Waals surface area contributed by atoms with Crippen molar-refractivity contribution < 1.29 is 4.79 Å². The SMILES string of the molecule is CCCCn1nc(C(=O)NCCc2ccc(Cl)cc2)c2ccccc2c1=O. The van der Waals surface area contributed by atoms with Crippen molar-refractivity contribution in [2.24, 2.45) is 0 Å². The van der Waals surface area contributed by atoms with Gasteiger partial charge in [0, 0.05) is 23.5 Å². The third kappa shape index (κ3) is 4.55. The maximum absolute atomic E-state index is 12.7. The maximum atomic E-state index is 12.7. The molecule has 0 bridgehead atoms. The average molecular weight is 384 g/mol. The molecule has 0 saturated carbocycles. The van der Waals surface area contributed by atoms with Crippen LogP contribution in [0.15, 0.2) is 53.3 Å². The number of benzene rings is 2. The minimum Gasteiger partial charge on any atom is -0.350 e. The molecule has 0 aliphatic carbocycles. The second-order valence-electron chi connectivity index (χ2n) is 6.41. The van der Waals surface area contributed by atoms with Gasteiger partial charge in [0.05, 0.1) is 5.39 Å². The van der Waals surface area contributed by atoms with Gasteiger partial charge in [-0.2, -0.15) is 5.10 Å². The number of carbonyl (C=O) groups is 1. The van der Waals surface area contributed by atoms with Gasteiger partial charge in [-0.3, -0.25) is 9.59 Å². The van der Waals surface area contributed by atoms with Gasteiger partial charge in [-0.05, 0) is 36.6 Å². The Balaban J connectivity index is 1.81. The predicted octanol–water partition coefficient (Wildman–Crippen LogP) is 3.82. The lowest BCUT2D eigenvalue weighted by molar-refractivity contribution is 0.0948. The molecular weight excluding hydrogens is 362 g/mol. The van der Waals surface area contributed by atoms with E-state index in [-0.39, 0.29) is 17.2 Å². The van der Waals surface area contributed by atoms with E-state index in [9.17, 15) is 9.59 Å². The molecule has 2 aromatic carbocycles. The number of fused-ring (bicyclic) bond motifs is 1. The summed E-state index contributed by atoms with van der Waals surface area (Å²) in [5, 5.41) is 9.05. The van der Waals surface area contributed by atoms with Gasteiger partial charge in [-0.1, -0.05) is 55.3 Å². The Morgan fingerprint density at radius 1 is 1.11 bits per heavy atom. The Labute approximate surface area is 163 Å². The zero-order valence-electron chi connectivity index (χ0n) is 15.2. The maximum Gasteiger partial charge on any atom is 0.274 e. The van der Waals surface area contributed by atoms with E-state index in [1.807, 2.05) is 30.3 Å². The highest BCUT2D eigenvalue weighted by Gasteiger charge is 2.16. The lowest BCUT2D eigenvalue weighted by Gasteiger charge is -2.11. The molecule has 0 spiro atoms. The molecule has 3 rings (SSSR count). The van der Waals surface area contributed by atoms with E-state index in [1.54, 1.807) is 18.2 Å². The summed E-state index contributed by atoms with van der Waals surface area (Å²) >= 11 is 5.89. The summed E-state index contributed by atoms with van der Waals surface area (Å²) in [7, 11) is 0. The van der Waals surface area contributed by atoms with Gasteiger partial charge in [-0.25, -0.2) is 4.68 Å². The topological polar surface area (TPSA) is 64.0 Å². The van der Waals surface area contributed by atoms with Crippen LogP contribution in [0.5, 0.6) is 0 Å². The van der Waals surface area contributed by atoms with Crippen LogP contribution in [-0.2, 0) is 13.0 Å². The standard InChI is InChI=1S/C21H22ClN3O2/c1-2-3-14-25-21(27)18-7-5-4-6-17(18)19(24-25)20(26)23-13-12-15-8-10-16(22)11-9-15/h4-11H,2-3,12-14H2,1H3,(H,23,26). The Bertz CT molecular complexity index is 996. The molecule has 3 aromatic rings. The summed E-state index contributed by atoms with van der Waals surface area (Å²) in [6.07, 6.45) is 2.47. The van der Waals surface area contributed by atoms with Crippen molar-refractivity contribution in [3.8, 4) is 0 Å². The molecule has 0 aliphatic rings. The molecule has 0 aliphatic heterocycles. The Kier molecular flexibility index (Phi) is 6.24. The third-order valence-corrected chi connectivity index (χ3v) is 4.67. The van der Waals surface area contributed by atoms with Crippen molar-refractivity contribution in [1.82, 2.24) is 15.1 Å². The fourth-order valence-electron chi connectivity index (χ4n) is 2.92. The molecule has 1 aromatic heterocycles. The Morgan fingerprint density at radius 2 is 1.81 bits per heavy atom. The number of hydrogen-bond donors (Lipinski definition) is 1. The van der Waals surface area contributed by atoms with Gasteiger partial charge >= 0.3 is 0 Å². The van der Waals surface area contributed by atoms with Crippen molar-refractivity contribution in [3.05, 3.63) is 75.2 Å². The van der Waals surface area contributed by atoms with Crippen LogP contribution >= 0.6 is 11.6 Å². The fraction of sp³-hybridized carbons (Fsp3) is 0.286. The summed E-state index contributed by atoms with van der Waals surface area (Å²) in [4.78, 5) is 25.3. The molecule has 6 heteroatoms. The smallest absolute Gasteiger partial charge is 0.274 e. The molecule has 1 heterocycles. The highest BCUT2D eigenvalue weighted by atomic mass is 35.5. The van der Waals surface area contributed by atoms with Crippen LogP contribution in [0, 0.1) is 0 Å². The number of hydrogen-bond acceptors (Lipinski definition) is 3. The summed E-state index contributed by atoms with van der Waals surface area (Å²) in [6, 6.07) is 14.7. The Hall–Kier alpha value is -2.66. The highest BCUT2D eigenvalue weighted by Crippen LogP contribution is 2.14. The lowest BCUT2D eigenvalue weighted by atomic mass is 10.1. The van der Waals surface area contributed by atoms with E-state index in [2.05, 4.69) is 17.3 Å². The monoisotopic (exact) mass is 383 g/mol. The number of aryl methyl sites for hydroxylation is 1. The van der Waals surface area contributed by atoms with Crippen LogP contribution in [0.25, 0.3) is 10.8 Å². The van der Waals surface area contributed by atoms with Crippen LogP contribution in [0.4, 0.5) is 0 Å². The molecule has 0 radical (unpaired) electrons. The molecule has 0 fully saturated rings. The van der Waals surface area contributed by atoms with Crippen LogP contribution in [-0.4, -0.2) is 22.2 Å². The minimum atomic E-state index is -0.273. The van der Waals surface area contributed by atoms with Gasteiger partial charge in [0.2, 0.25) is 0 Å². The Morgan fingerprint density at radius 3 is 2.52 bits per heavy atom. The minimum absolute atomic E-state index is 0.156. The summed E-state index contributed by atoms with van der Waals surface area (Å²) in [5.41, 5.74) is 1.22. The predicted molar refractivity (Wildman–Crippen MR) is 108 cm³/mol. The van der Waals surface area contributed by atoms with Crippen LogP contribution in [0.1, 0.15) is 35.8 Å². The normalized spacial score (nSPS) is 10.9. The lowest BCUT2D eigenvalue weighted by Crippen LogP contribution is -2.31. The highest BCUT2D eigenvalue weighted by molar-refractivity contribution is 6.30. The van der Waals surface area contributed by atoms with E-state index in [0.717, 1.165) is 18.4 Å². The van der Waals surface area contributed by atoms with Gasteiger partial charge in [-0.15, -0.1) is 0 Å². The van der Waals surface area contributed by atoms with Crippen molar-refractivity contribution >= 4 is 28.3 Å². The van der Waals surface area contributed by atoms with Crippen molar-refractivity contribution in [1.29, 1.82) is 0 Å². The number of carbonyl (C=O) groups excluding carboxylic acids is 1. The molecule has 0 atom stereocenters. The first-order valence-electron chi connectivity index (χ1n) is 9.12. The van der Waals surface area contributed by atoms with Crippen molar-refractivity contribution in [2.45, 2.75) is 32.7 Å². The first-order chi connectivity index (χ1) is 13.1. The van der Waals surface area contributed by atoms with Crippen molar-refractivity contribution in [2.75, 3.05) is 6.54 Å². The number of nitrogens with one attached hydrogen (secondary N) is 1. The van der Waals surface area contributed by atoms with E-state index < -0.39 is 0 Å². The third-order valence-electron chi connectivity index (χ3n) is 4.42. The molecule has 27 heavy (non-hydrogen) atoms. The zero-order valence-corrected chi connectivity index (χ0v) is 16.0. The number of halogens is 1. The second-order valence-corrected chi connectivity index (χ2v) is 6.84. The largest absolute Gasteiger partial charge is 0.350 e. The molecule has 1 N–H and O–H groups in total. The molecule has 1 amide bonds. The van der Waals surface area contributed by atoms with Crippen molar-refractivity contribution in [3.63, 3.8) is 0 Å². The van der Waals surface area contributed by atoms with E-state index >= 15 is 0 Å². The van der Waals surface area contributed by atoms with Gasteiger partial charge in [0.25, 0.3) is 11.5 Å². The van der Waals surface area contributed by atoms with E-state index in [1.165, 1.54) is 4.68 Å². The van der Waals surface area contributed by atoms with E-state index in [0.29, 0.717) is 35.3 Å². The summed E-state index contributed by atoms with van der Waals surface area (Å²) in [6.45, 7) is 3.03. The van der Waals surface area contributed by atoms with Gasteiger partial charge < -0.3 is 5.32 Å². The molecule has 0 unspecified atom stereocenters. The molecule has 0 saturated heterocycles. The van der Waals surface area contributed by atoms with Crippen LogP contribution < -0.4 is 10.9 Å². The second kappa shape index (κ2) is 8.82. The number of unbranched alkanes of at least 4 members (excludes halogenated alkanes) is 1. The molecule has 140 valence electrons. The molecular formula is C21H22ClN3O2. The van der Waals surface area contributed by atoms with E-state index in [4.69, 9.17) is 11.6 Å². The quantitative estimate of drug-likeness (QED) is 0.674. The number of nitrogens with zero attached hydrogens (tertiary/aromatic N) is 2. The zero-order chi connectivity index (χ0) is 19.2. The number of amides is 1. The fourth-order valence-corrected chi connectivity index (χ4v) is 3.04.